The number of unbranched alkanes of at least 4 members (excludes halogenated alkanes) is 1. The highest BCUT2D eigenvalue weighted by Gasteiger charge is 2.46. The fraction of sp³-hybridized carbons (Fsp3) is 0.484. The van der Waals surface area contributed by atoms with Crippen LogP contribution < -0.4 is 59.3 Å². The second-order valence-corrected chi connectivity index (χ2v) is 35.6. The Kier molecular flexibility index (Phi) is 38.2. The number of rotatable bonds is 23. The van der Waals surface area contributed by atoms with E-state index in [0.717, 1.165) is 38.8 Å². The van der Waals surface area contributed by atoms with Gasteiger partial charge in [0.15, 0.2) is 17.5 Å². The molecule has 3 aliphatic heterocycles. The molecular formula is C93H119F4N17O18S. The number of nitrogens with two attached hydrogens (primary N) is 2. The van der Waals surface area contributed by atoms with Crippen LogP contribution in [0.1, 0.15) is 133 Å². The maximum absolute atomic E-state index is 15.7. The number of hydrogen-bond donors (Lipinski definition) is 14. The Morgan fingerprint density at radius 3 is 1.69 bits per heavy atom. The van der Waals surface area contributed by atoms with Gasteiger partial charge in [0, 0.05) is 89.2 Å². The SMILES string of the molecule is CCCC[C@H]1C(=O)N2CCC[C@@H]2C(=O)N[C@@H](CCN)C(=O)N[C@@H](C(C)C)C(=O)N(C)[C@@H](Cc2ccccc2)C(=O)N[C@@H](CC(=O)O)C(=O)N2CCCC[C@@H]2C(=O)N[C@@H](Cc2c[nH]c3ccccc23)C(=O)N[C@@H](Cc2ccc(O)cc2)C(=O)N[C@@H](CC(C)C)C(=O)N[C@H](C(=O)NCC(N)=O)CSCC(=O)N[C@@H](Cc2cc(F)c(F)c(F)c2)C(=O)N(C)C(Cc2ccc(F)cc2)C(=O)N1C. The molecule has 6 aromatic rings. The van der Waals surface area contributed by atoms with Crippen molar-refractivity contribution in [2.24, 2.45) is 23.3 Å². The fourth-order valence-corrected chi connectivity index (χ4v) is 17.4. The van der Waals surface area contributed by atoms with Crippen LogP contribution in [0, 0.1) is 35.1 Å². The van der Waals surface area contributed by atoms with E-state index in [1.54, 1.807) is 95.4 Å². The van der Waals surface area contributed by atoms with Gasteiger partial charge in [-0.1, -0.05) is 120 Å². The molecule has 133 heavy (non-hydrogen) atoms. The maximum atomic E-state index is 15.7. The van der Waals surface area contributed by atoms with Crippen molar-refractivity contribution in [3.05, 3.63) is 173 Å². The average molecular weight is 1870 g/mol. The Morgan fingerprint density at radius 2 is 1.06 bits per heavy atom. The van der Waals surface area contributed by atoms with Crippen molar-refractivity contribution in [3.8, 4) is 5.75 Å². The van der Waals surface area contributed by atoms with E-state index in [0.29, 0.717) is 70.8 Å². The third-order valence-corrected chi connectivity index (χ3v) is 24.8. The normalized spacial score (nSPS) is 23.7. The van der Waals surface area contributed by atoms with Gasteiger partial charge in [-0.3, -0.25) is 76.7 Å². The summed E-state index contributed by atoms with van der Waals surface area (Å²) in [5.74, 6) is -24.8. The molecule has 0 bridgehead atoms. The van der Waals surface area contributed by atoms with Crippen molar-refractivity contribution in [3.63, 3.8) is 0 Å². The topological polar surface area (TPSA) is 506 Å². The van der Waals surface area contributed by atoms with Crippen LogP contribution >= 0.6 is 11.8 Å². The number of halogens is 4. The highest BCUT2D eigenvalue weighted by atomic mass is 32.2. The molecule has 40 heteroatoms. The van der Waals surface area contributed by atoms with Crippen LogP contribution in [0.3, 0.4) is 0 Å². The smallest absolute Gasteiger partial charge is 0.305 e. The number of H-pyrrole nitrogens is 1. The van der Waals surface area contributed by atoms with E-state index in [1.807, 2.05) is 0 Å². The molecule has 0 saturated carbocycles. The highest BCUT2D eigenvalue weighted by Crippen LogP contribution is 2.29. The molecule has 3 fully saturated rings. The number of aromatic nitrogens is 1. The number of carboxylic acid groups (broad SMARTS) is 1. The van der Waals surface area contributed by atoms with Crippen molar-refractivity contribution in [2.75, 3.05) is 58.8 Å². The number of likely N-dealkylation sites (N-methyl/N-ethyl adjacent to an activating group) is 3. The molecular weight excluding hydrogens is 1750 g/mol. The van der Waals surface area contributed by atoms with Crippen LogP contribution in [0.4, 0.5) is 17.6 Å². The number of carboxylic acids is 1. The number of amides is 15. The van der Waals surface area contributed by atoms with Gasteiger partial charge in [0.1, 0.15) is 90.1 Å². The molecule has 13 atom stereocenters. The number of benzene rings is 5. The molecule has 35 nitrogen and oxygen atoms in total. The third-order valence-electron chi connectivity index (χ3n) is 23.8. The fourth-order valence-electron chi connectivity index (χ4n) is 16.5. The van der Waals surface area contributed by atoms with Crippen molar-refractivity contribution in [1.29, 1.82) is 0 Å². The molecule has 15 amide bonds. The van der Waals surface area contributed by atoms with Gasteiger partial charge >= 0.3 is 5.97 Å². The minimum absolute atomic E-state index is 0.0303. The van der Waals surface area contributed by atoms with Crippen molar-refractivity contribution in [1.82, 2.24) is 77.3 Å². The molecule has 16 N–H and O–H groups in total. The average Bonchev–Trinajstić information content (AvgIpc) is 1.80. The summed E-state index contributed by atoms with van der Waals surface area (Å²) in [6, 6.07) is 5.81. The van der Waals surface area contributed by atoms with E-state index in [2.05, 4.69) is 52.8 Å². The predicted octanol–water partition coefficient (Wildman–Crippen LogP) is 2.74. The summed E-state index contributed by atoms with van der Waals surface area (Å²) in [7, 11) is 3.69. The molecule has 0 spiro atoms. The Balaban J connectivity index is 1.13. The number of carbonyl (C=O) groups excluding carboxylic acids is 15. The van der Waals surface area contributed by atoms with E-state index in [4.69, 9.17) is 11.5 Å². The molecule has 0 radical (unpaired) electrons. The minimum atomic E-state index is -1.94. The number of aromatic hydroxyl groups is 1. The summed E-state index contributed by atoms with van der Waals surface area (Å²) >= 11 is 0.655. The molecule has 1 aromatic heterocycles. The number of nitrogens with zero attached hydrogens (tertiary/aromatic N) is 5. The van der Waals surface area contributed by atoms with Gasteiger partial charge in [-0.05, 0) is 140 Å². The summed E-state index contributed by atoms with van der Waals surface area (Å²) in [4.78, 5) is 246. The number of piperidine rings is 1. The number of hydrogen-bond acceptors (Lipinski definition) is 19. The number of phenolic OH excluding ortho intramolecular Hbond substituents is 1. The summed E-state index contributed by atoms with van der Waals surface area (Å²) in [6.45, 7) is 7.13. The number of aromatic amines is 1. The lowest BCUT2D eigenvalue weighted by Gasteiger charge is -2.38. The molecule has 1 unspecified atom stereocenters. The summed E-state index contributed by atoms with van der Waals surface area (Å²) < 4.78 is 59.8. The lowest BCUT2D eigenvalue weighted by Crippen LogP contribution is -2.63. The Morgan fingerprint density at radius 1 is 0.526 bits per heavy atom. The molecule has 0 aliphatic carbocycles. The lowest BCUT2D eigenvalue weighted by molar-refractivity contribution is -0.152. The van der Waals surface area contributed by atoms with E-state index < -0.39 is 246 Å². The van der Waals surface area contributed by atoms with Crippen molar-refractivity contribution >= 4 is 117 Å². The van der Waals surface area contributed by atoms with Crippen molar-refractivity contribution in [2.45, 2.75) is 216 Å². The standard InChI is InChI=1S/C93H119F4N17O18S/c1-9-10-23-73-92(131)114-37-18-25-72(114)86(125)103-64(34-35-98)82(121)109-80(52(4)5)93(132)111(7)74(43-53-19-12-11-13-20-53)88(127)107-69(46-78(118)119)90(129)113-36-17-16-24-71(113)87(126)106-67(45-57-47-100-63-22-15-14-21-60(57)63)85(124)105-66(41-54-28-32-59(115)33-29-54)84(123)104-65(38-51(2)3)83(122)108-70(81(120)101-48-76(99)116)49-133-50-77(117)102-68(42-56-39-61(95)79(97)62(96)40-56)89(128)112(8)75(91(130)110(73)6)44-55-26-30-58(94)31-27-55/h11-15,19-22,26-33,39-40,47,51-52,64-75,80,100,115H,9-10,16-18,23-25,34-38,41-46,48-50,98H2,1-8H3,(H2,99,116)(H,101,120)(H,102,117)(H,103,125)(H,104,123)(H,105,124)(H,106,126)(H,107,127)(H,108,122)(H,109,121)(H,118,119)/t64-,65-,66-,67-,68-,69-,70-,71+,72+,73-,74-,75?,80-/m0/s1. The zero-order valence-electron chi connectivity index (χ0n) is 75.5. The number of thioether (sulfide) groups is 1. The molecule has 5 aromatic carbocycles. The van der Waals surface area contributed by atoms with E-state index >= 15 is 56.7 Å². The maximum Gasteiger partial charge on any atom is 0.305 e. The third kappa shape index (κ3) is 28.8. The number of carbonyl (C=O) groups is 16. The Bertz CT molecular complexity index is 5150. The van der Waals surface area contributed by atoms with E-state index in [9.17, 15) is 47.8 Å². The van der Waals surface area contributed by atoms with Crippen LogP contribution in [0.5, 0.6) is 5.75 Å². The first-order valence-corrected chi connectivity index (χ1v) is 45.5. The summed E-state index contributed by atoms with van der Waals surface area (Å²) in [5, 5.41) is 45.2. The van der Waals surface area contributed by atoms with E-state index in [-0.39, 0.29) is 101 Å². The minimum Gasteiger partial charge on any atom is -0.508 e. The predicted molar refractivity (Wildman–Crippen MR) is 483 cm³/mol. The van der Waals surface area contributed by atoms with E-state index in [1.165, 1.54) is 55.4 Å². The molecule has 3 saturated heterocycles. The van der Waals surface area contributed by atoms with Crippen LogP contribution in [0.15, 0.2) is 121 Å². The number of nitrogens with one attached hydrogen (secondary N) is 10. The zero-order chi connectivity index (χ0) is 97.2. The lowest BCUT2D eigenvalue weighted by atomic mass is 9.97. The van der Waals surface area contributed by atoms with Crippen LogP contribution in [-0.2, 0) is 109 Å². The Labute approximate surface area is 771 Å². The first-order chi connectivity index (χ1) is 63.2. The van der Waals surface area contributed by atoms with Gasteiger partial charge in [0.2, 0.25) is 88.6 Å². The molecule has 718 valence electrons. The molecule has 9 rings (SSSR count). The zero-order valence-corrected chi connectivity index (χ0v) is 76.3. The van der Waals surface area contributed by atoms with Crippen LogP contribution in [-0.4, -0.2) is 272 Å². The second kappa shape index (κ2) is 48.9. The number of fused-ring (bicyclic) bond motifs is 3. The van der Waals surface area contributed by atoms with Crippen LogP contribution in [0.25, 0.3) is 10.9 Å². The number of aliphatic carboxylic acids is 1. The first kappa shape index (κ1) is 104. The first-order valence-electron chi connectivity index (χ1n) is 44.4. The summed E-state index contributed by atoms with van der Waals surface area (Å²) in [6.07, 6.45) is -0.551. The van der Waals surface area contributed by atoms with Gasteiger partial charge in [0.05, 0.1) is 18.7 Å². The van der Waals surface area contributed by atoms with Gasteiger partial charge in [-0.25, -0.2) is 17.6 Å². The molecule has 3 aliphatic rings. The number of para-hydroxylation sites is 1. The second-order valence-electron chi connectivity index (χ2n) is 34.5. The van der Waals surface area contributed by atoms with Gasteiger partial charge in [0.25, 0.3) is 0 Å². The largest absolute Gasteiger partial charge is 0.508 e. The van der Waals surface area contributed by atoms with Gasteiger partial charge < -0.3 is 99.0 Å². The molecule has 4 heterocycles. The Hall–Kier alpha value is -13.0. The number of primary amides is 1. The van der Waals surface area contributed by atoms with Crippen molar-refractivity contribution < 1.29 is 104 Å². The summed E-state index contributed by atoms with van der Waals surface area (Å²) in [5.41, 5.74) is 13.3. The number of phenols is 1. The monoisotopic (exact) mass is 1870 g/mol. The van der Waals surface area contributed by atoms with Gasteiger partial charge in [-0.15, -0.1) is 11.8 Å². The quantitative estimate of drug-likeness (QED) is 0.0324. The highest BCUT2D eigenvalue weighted by molar-refractivity contribution is 8.00. The van der Waals surface area contributed by atoms with Gasteiger partial charge in [-0.2, -0.15) is 0 Å². The van der Waals surface area contributed by atoms with Crippen LogP contribution in [0.2, 0.25) is 0 Å².